The van der Waals surface area contributed by atoms with Gasteiger partial charge in [0.05, 0.1) is 17.4 Å². The summed E-state index contributed by atoms with van der Waals surface area (Å²) < 4.78 is 0.846. The Hall–Kier alpha value is -1.33. The van der Waals surface area contributed by atoms with Gasteiger partial charge in [0.25, 0.3) is 0 Å². The molecule has 0 saturated carbocycles. The minimum absolute atomic E-state index is 0.369. The molecule has 1 heterocycles. The Balaban J connectivity index is 2.24. The Bertz CT molecular complexity index is 518. The molecule has 0 saturated heterocycles. The molecule has 0 spiro atoms. The molecule has 2 aromatic rings. The second-order valence-electron chi connectivity index (χ2n) is 3.08. The third-order valence-corrected chi connectivity index (χ3v) is 3.08. The highest BCUT2D eigenvalue weighted by Crippen LogP contribution is 2.26. The summed E-state index contributed by atoms with van der Waals surface area (Å²) in [5, 5.41) is 3.68. The van der Waals surface area contributed by atoms with Crippen LogP contribution < -0.4 is 11.1 Å². The van der Waals surface area contributed by atoms with Gasteiger partial charge in [-0.05, 0) is 34.1 Å². The molecule has 0 aliphatic carbocycles. The van der Waals surface area contributed by atoms with Crippen LogP contribution in [0.25, 0.3) is 0 Å². The molecule has 0 aliphatic heterocycles. The molecule has 0 radical (unpaired) electrons. The molecule has 4 nitrogen and oxygen atoms in total. The molecular formula is C10H8BrClN4. The second-order valence-corrected chi connectivity index (χ2v) is 4.34. The molecule has 1 aromatic carbocycles. The van der Waals surface area contributed by atoms with Crippen molar-refractivity contribution in [2.75, 3.05) is 11.1 Å². The Labute approximate surface area is 106 Å². The average Bonchev–Trinajstić information content (AvgIpc) is 2.24. The summed E-state index contributed by atoms with van der Waals surface area (Å²) in [6, 6.07) is 5.52. The minimum atomic E-state index is 0.369. The lowest BCUT2D eigenvalue weighted by Crippen LogP contribution is -1.98. The fourth-order valence-corrected chi connectivity index (χ4v) is 1.59. The highest BCUT2D eigenvalue weighted by atomic mass is 79.9. The van der Waals surface area contributed by atoms with E-state index in [4.69, 9.17) is 17.3 Å². The monoisotopic (exact) mass is 298 g/mol. The summed E-state index contributed by atoms with van der Waals surface area (Å²) in [7, 11) is 0. The first kappa shape index (κ1) is 11.2. The number of nitrogen functional groups attached to an aromatic ring is 1. The number of nitrogens with one attached hydrogen (secondary N) is 1. The van der Waals surface area contributed by atoms with Crippen molar-refractivity contribution in [2.24, 2.45) is 0 Å². The number of anilines is 3. The molecule has 6 heteroatoms. The summed E-state index contributed by atoms with van der Waals surface area (Å²) in [4.78, 5) is 8.00. The number of rotatable bonds is 2. The van der Waals surface area contributed by atoms with E-state index in [9.17, 15) is 0 Å². The molecule has 0 unspecified atom stereocenters. The molecule has 0 aliphatic rings. The van der Waals surface area contributed by atoms with Crippen LogP contribution in [0.4, 0.5) is 17.3 Å². The third-order valence-electron chi connectivity index (χ3n) is 1.85. The number of halogens is 2. The molecule has 3 N–H and O–H groups in total. The molecule has 0 bridgehead atoms. The quantitative estimate of drug-likeness (QED) is 0.893. The first-order valence-electron chi connectivity index (χ1n) is 4.45. The number of hydrogen-bond donors (Lipinski definition) is 2. The van der Waals surface area contributed by atoms with Crippen LogP contribution in [0.1, 0.15) is 0 Å². The van der Waals surface area contributed by atoms with Crippen molar-refractivity contribution in [2.45, 2.75) is 0 Å². The molecule has 16 heavy (non-hydrogen) atoms. The summed E-state index contributed by atoms with van der Waals surface area (Å²) in [6.07, 6.45) is 3.08. The molecule has 1 aromatic heterocycles. The zero-order valence-corrected chi connectivity index (χ0v) is 10.5. The van der Waals surface area contributed by atoms with Crippen molar-refractivity contribution in [1.29, 1.82) is 0 Å². The van der Waals surface area contributed by atoms with Gasteiger partial charge in [-0.2, -0.15) is 0 Å². The van der Waals surface area contributed by atoms with Crippen molar-refractivity contribution in [3.8, 4) is 0 Å². The number of aromatic nitrogens is 2. The van der Waals surface area contributed by atoms with Crippen LogP contribution in [0.15, 0.2) is 35.1 Å². The highest BCUT2D eigenvalue weighted by Gasteiger charge is 2.00. The van der Waals surface area contributed by atoms with Gasteiger partial charge in [-0.25, -0.2) is 4.98 Å². The fourth-order valence-electron chi connectivity index (χ4n) is 1.16. The molecule has 2 rings (SSSR count). The van der Waals surface area contributed by atoms with Crippen LogP contribution in [-0.4, -0.2) is 9.97 Å². The lowest BCUT2D eigenvalue weighted by atomic mass is 10.3. The minimum Gasteiger partial charge on any atom is -0.382 e. The van der Waals surface area contributed by atoms with Gasteiger partial charge < -0.3 is 11.1 Å². The van der Waals surface area contributed by atoms with E-state index >= 15 is 0 Å². The van der Waals surface area contributed by atoms with Crippen LogP contribution >= 0.6 is 27.5 Å². The smallest absolute Gasteiger partial charge is 0.151 e. The molecule has 0 amide bonds. The van der Waals surface area contributed by atoms with Crippen LogP contribution in [0.2, 0.25) is 5.02 Å². The van der Waals surface area contributed by atoms with Crippen molar-refractivity contribution >= 4 is 44.9 Å². The van der Waals surface area contributed by atoms with E-state index in [2.05, 4.69) is 31.2 Å². The van der Waals surface area contributed by atoms with E-state index in [1.54, 1.807) is 12.3 Å². The molecule has 0 atom stereocenters. The van der Waals surface area contributed by atoms with Crippen molar-refractivity contribution in [1.82, 2.24) is 9.97 Å². The first-order chi connectivity index (χ1) is 7.65. The zero-order valence-electron chi connectivity index (χ0n) is 8.11. The average molecular weight is 300 g/mol. The number of nitrogens with zero attached hydrogens (tertiary/aromatic N) is 2. The van der Waals surface area contributed by atoms with Crippen molar-refractivity contribution in [3.05, 3.63) is 40.1 Å². The lowest BCUT2D eigenvalue weighted by molar-refractivity contribution is 1.21. The van der Waals surface area contributed by atoms with Gasteiger partial charge in [0.1, 0.15) is 5.82 Å². The van der Waals surface area contributed by atoms with Gasteiger partial charge in [0.15, 0.2) is 5.82 Å². The molecule has 82 valence electrons. The summed E-state index contributed by atoms with van der Waals surface area (Å²) in [5.41, 5.74) is 6.35. The zero-order chi connectivity index (χ0) is 11.5. The van der Waals surface area contributed by atoms with Crippen molar-refractivity contribution < 1.29 is 0 Å². The van der Waals surface area contributed by atoms with Crippen LogP contribution in [0.3, 0.4) is 0 Å². The maximum Gasteiger partial charge on any atom is 0.151 e. The van der Waals surface area contributed by atoms with Crippen LogP contribution in [0.5, 0.6) is 0 Å². The van der Waals surface area contributed by atoms with Gasteiger partial charge >= 0.3 is 0 Å². The lowest BCUT2D eigenvalue weighted by Gasteiger charge is -2.06. The molecule has 0 fully saturated rings. The number of nitrogens with two attached hydrogens (primary N) is 1. The normalized spacial score (nSPS) is 10.1. The van der Waals surface area contributed by atoms with E-state index in [-0.39, 0.29) is 0 Å². The predicted molar refractivity (Wildman–Crippen MR) is 68.9 cm³/mol. The number of hydrogen-bond acceptors (Lipinski definition) is 4. The Morgan fingerprint density at radius 3 is 2.81 bits per heavy atom. The Morgan fingerprint density at radius 1 is 1.31 bits per heavy atom. The standard InChI is InChI=1S/C10H8BrClN4/c11-7-2-1-6(3-8(7)12)15-10-5-14-4-9(13)16-10/h1-5H,(H3,13,15,16). The van der Waals surface area contributed by atoms with E-state index < -0.39 is 0 Å². The van der Waals surface area contributed by atoms with Crippen molar-refractivity contribution in [3.63, 3.8) is 0 Å². The van der Waals surface area contributed by atoms with Gasteiger partial charge in [-0.3, -0.25) is 4.98 Å². The highest BCUT2D eigenvalue weighted by molar-refractivity contribution is 9.10. The van der Waals surface area contributed by atoms with Crippen LogP contribution in [0, 0.1) is 0 Å². The SMILES string of the molecule is Nc1cncc(Nc2ccc(Br)c(Cl)c2)n1. The Kier molecular flexibility index (Phi) is 3.26. The van der Waals surface area contributed by atoms with Crippen LogP contribution in [-0.2, 0) is 0 Å². The predicted octanol–water partition coefficient (Wildman–Crippen LogP) is 3.22. The fraction of sp³-hybridized carbons (Fsp3) is 0. The topological polar surface area (TPSA) is 63.8 Å². The van der Waals surface area contributed by atoms with Gasteiger partial charge in [0.2, 0.25) is 0 Å². The molecular weight excluding hydrogens is 291 g/mol. The van der Waals surface area contributed by atoms with Gasteiger partial charge in [-0.1, -0.05) is 11.6 Å². The summed E-state index contributed by atoms with van der Waals surface area (Å²) in [5.74, 6) is 0.951. The van der Waals surface area contributed by atoms with E-state index in [1.807, 2.05) is 12.1 Å². The Morgan fingerprint density at radius 2 is 2.12 bits per heavy atom. The summed E-state index contributed by atoms with van der Waals surface area (Å²) >= 11 is 9.28. The van der Waals surface area contributed by atoms with E-state index in [0.29, 0.717) is 16.7 Å². The largest absolute Gasteiger partial charge is 0.382 e. The van der Waals surface area contributed by atoms with E-state index in [0.717, 1.165) is 10.2 Å². The van der Waals surface area contributed by atoms with E-state index in [1.165, 1.54) is 6.20 Å². The maximum atomic E-state index is 5.96. The van der Waals surface area contributed by atoms with Gasteiger partial charge in [0, 0.05) is 10.2 Å². The first-order valence-corrected chi connectivity index (χ1v) is 5.62. The summed E-state index contributed by atoms with van der Waals surface area (Å²) in [6.45, 7) is 0. The number of benzene rings is 1. The third kappa shape index (κ3) is 2.62. The second kappa shape index (κ2) is 4.67. The maximum absolute atomic E-state index is 5.96. The van der Waals surface area contributed by atoms with Gasteiger partial charge in [-0.15, -0.1) is 0 Å².